The summed E-state index contributed by atoms with van der Waals surface area (Å²) in [4.78, 5) is 11.2. The Balaban J connectivity index is 3.26. The van der Waals surface area contributed by atoms with E-state index in [2.05, 4.69) is 15.9 Å². The molecule has 1 aromatic carbocycles. The number of halogens is 4. The monoisotopic (exact) mass is 376 g/mol. The number of hydrogen-bond acceptors (Lipinski definition) is 1. The van der Waals surface area contributed by atoms with Crippen molar-refractivity contribution in [3.05, 3.63) is 31.6 Å². The van der Waals surface area contributed by atoms with Gasteiger partial charge in [0.15, 0.2) is 11.6 Å². The number of hydrogen-bond donors (Lipinski definition) is 0. The van der Waals surface area contributed by atoms with Gasteiger partial charge in [0.25, 0.3) is 0 Å². The molecule has 0 fully saturated rings. The molecule has 0 N–H and O–H groups in total. The fraction of sp³-hybridized carbons (Fsp3) is 0.125. The van der Waals surface area contributed by atoms with Crippen molar-refractivity contribution in [2.24, 2.45) is 0 Å². The minimum absolute atomic E-state index is 0.128. The van der Waals surface area contributed by atoms with Crippen LogP contribution in [0, 0.1) is 9.39 Å². The minimum atomic E-state index is -0.420. The highest BCUT2D eigenvalue weighted by Crippen LogP contribution is 2.24. The Kier molecular flexibility index (Phi) is 4.12. The van der Waals surface area contributed by atoms with Gasteiger partial charge in [0.1, 0.15) is 0 Å². The first-order valence-corrected chi connectivity index (χ1v) is 5.71. The van der Waals surface area contributed by atoms with Crippen LogP contribution < -0.4 is 0 Å². The molecule has 0 bridgehead atoms. The van der Waals surface area contributed by atoms with E-state index in [0.29, 0.717) is 13.6 Å². The molecule has 0 saturated carbocycles. The molecule has 5 heteroatoms. The highest BCUT2D eigenvalue weighted by molar-refractivity contribution is 14.1. The van der Waals surface area contributed by atoms with E-state index in [-0.39, 0.29) is 11.7 Å². The van der Waals surface area contributed by atoms with Crippen LogP contribution in [0.3, 0.4) is 0 Å². The van der Waals surface area contributed by atoms with Crippen LogP contribution in [-0.4, -0.2) is 11.7 Å². The fourth-order valence-electron chi connectivity index (χ4n) is 0.813. The van der Waals surface area contributed by atoms with Gasteiger partial charge in [-0.15, -0.1) is 11.6 Å². The molecule has 13 heavy (non-hydrogen) atoms. The maximum atomic E-state index is 13.2. The van der Waals surface area contributed by atoms with Crippen LogP contribution in [0.1, 0.15) is 10.4 Å². The largest absolute Gasteiger partial charge is 0.293 e. The molecular formula is C8H4BrClFIO. The Bertz CT molecular complexity index is 356. The number of carbonyl (C=O) groups excluding carboxylic acids is 1. The van der Waals surface area contributed by atoms with Gasteiger partial charge in [0.05, 0.1) is 13.9 Å². The molecule has 70 valence electrons. The van der Waals surface area contributed by atoms with Crippen LogP contribution in [0.15, 0.2) is 16.6 Å². The van der Waals surface area contributed by atoms with E-state index in [1.807, 2.05) is 0 Å². The summed E-state index contributed by atoms with van der Waals surface area (Å²) < 4.78 is 13.9. The molecular weight excluding hydrogens is 373 g/mol. The zero-order chi connectivity index (χ0) is 10.0. The summed E-state index contributed by atoms with van der Waals surface area (Å²) in [6, 6.07) is 3.05. The highest BCUT2D eigenvalue weighted by Gasteiger charge is 2.14. The minimum Gasteiger partial charge on any atom is -0.293 e. The molecule has 1 aromatic rings. The lowest BCUT2D eigenvalue weighted by Crippen LogP contribution is -2.04. The lowest BCUT2D eigenvalue weighted by atomic mass is 10.1. The summed E-state index contributed by atoms with van der Waals surface area (Å²) in [7, 11) is 0. The van der Waals surface area contributed by atoms with Crippen LogP contribution in [0.25, 0.3) is 0 Å². The molecule has 0 saturated heterocycles. The average Bonchev–Trinajstić information content (AvgIpc) is 2.13. The van der Waals surface area contributed by atoms with Gasteiger partial charge in [0, 0.05) is 5.56 Å². The Hall–Kier alpha value is 0.320. The molecule has 1 rings (SSSR count). The molecule has 0 radical (unpaired) electrons. The Morgan fingerprint density at radius 2 is 2.23 bits per heavy atom. The van der Waals surface area contributed by atoms with E-state index in [1.54, 1.807) is 28.7 Å². The van der Waals surface area contributed by atoms with Gasteiger partial charge in [-0.25, -0.2) is 4.39 Å². The van der Waals surface area contributed by atoms with Crippen molar-refractivity contribution < 1.29 is 9.18 Å². The van der Waals surface area contributed by atoms with Crippen molar-refractivity contribution in [3.8, 4) is 0 Å². The third-order valence-electron chi connectivity index (χ3n) is 1.46. The van der Waals surface area contributed by atoms with E-state index in [9.17, 15) is 9.18 Å². The van der Waals surface area contributed by atoms with Gasteiger partial charge in [0.2, 0.25) is 0 Å². The molecule has 0 amide bonds. The van der Waals surface area contributed by atoms with Gasteiger partial charge < -0.3 is 0 Å². The molecule has 0 aromatic heterocycles. The van der Waals surface area contributed by atoms with E-state index in [1.165, 1.54) is 6.07 Å². The van der Waals surface area contributed by atoms with Crippen molar-refractivity contribution >= 4 is 55.9 Å². The maximum absolute atomic E-state index is 13.2. The third kappa shape index (κ3) is 2.41. The molecule has 0 aliphatic heterocycles. The Labute approximate surface area is 102 Å². The third-order valence-corrected chi connectivity index (χ3v) is 3.37. The second-order valence-corrected chi connectivity index (χ2v) is 4.48. The Morgan fingerprint density at radius 3 is 2.77 bits per heavy atom. The smallest absolute Gasteiger partial charge is 0.178 e. The average molecular weight is 377 g/mol. The van der Waals surface area contributed by atoms with Crippen molar-refractivity contribution in [2.75, 3.05) is 5.88 Å². The number of carbonyl (C=O) groups is 1. The summed E-state index contributed by atoms with van der Waals surface area (Å²) in [6.45, 7) is 0. The predicted octanol–water partition coefficient (Wildman–Crippen LogP) is 3.61. The van der Waals surface area contributed by atoms with Crippen LogP contribution in [0.5, 0.6) is 0 Å². The zero-order valence-corrected chi connectivity index (χ0v) is 10.8. The lowest BCUT2D eigenvalue weighted by Gasteiger charge is -2.03. The van der Waals surface area contributed by atoms with Crippen molar-refractivity contribution in [1.29, 1.82) is 0 Å². The van der Waals surface area contributed by atoms with Crippen LogP contribution in [0.4, 0.5) is 4.39 Å². The van der Waals surface area contributed by atoms with Gasteiger partial charge in [-0.3, -0.25) is 4.79 Å². The van der Waals surface area contributed by atoms with E-state index < -0.39 is 5.82 Å². The van der Waals surface area contributed by atoms with Gasteiger partial charge in [-0.05, 0) is 50.7 Å². The molecule has 1 nitrogen and oxygen atoms in total. The molecule has 0 aliphatic rings. The quantitative estimate of drug-likeness (QED) is 0.333. The summed E-state index contributed by atoms with van der Waals surface area (Å²) >= 11 is 10.2. The predicted molar refractivity (Wildman–Crippen MR) is 61.9 cm³/mol. The van der Waals surface area contributed by atoms with E-state index in [4.69, 9.17) is 11.6 Å². The molecule has 0 spiro atoms. The first kappa shape index (κ1) is 11.4. The molecule has 0 heterocycles. The number of alkyl halides is 1. The fourth-order valence-corrected chi connectivity index (χ4v) is 2.43. The summed E-state index contributed by atoms with van der Waals surface area (Å²) in [6.07, 6.45) is 0. The van der Waals surface area contributed by atoms with Gasteiger partial charge >= 0.3 is 0 Å². The maximum Gasteiger partial charge on any atom is 0.178 e. The van der Waals surface area contributed by atoms with E-state index >= 15 is 0 Å². The number of Topliss-reactive ketones (excluding diaryl/α,β-unsaturated/α-hetero) is 1. The topological polar surface area (TPSA) is 17.1 Å². The summed E-state index contributed by atoms with van der Waals surface area (Å²) in [5.74, 6) is -0.814. The second kappa shape index (κ2) is 4.70. The van der Waals surface area contributed by atoms with Crippen LogP contribution in [-0.2, 0) is 0 Å². The first-order valence-electron chi connectivity index (χ1n) is 3.30. The van der Waals surface area contributed by atoms with Crippen LogP contribution >= 0.6 is 50.1 Å². The lowest BCUT2D eigenvalue weighted by molar-refractivity contribution is 0.101. The second-order valence-electron chi connectivity index (χ2n) is 2.28. The molecule has 0 atom stereocenters. The van der Waals surface area contributed by atoms with Crippen LogP contribution in [0.2, 0.25) is 0 Å². The normalized spacial score (nSPS) is 10.2. The summed E-state index contributed by atoms with van der Waals surface area (Å²) in [5.41, 5.74) is 0.330. The SMILES string of the molecule is O=C(CCl)c1ccc(Br)c(F)c1I. The number of ketones is 1. The number of rotatable bonds is 2. The number of benzene rings is 1. The van der Waals surface area contributed by atoms with E-state index in [0.717, 1.165) is 0 Å². The molecule has 0 aliphatic carbocycles. The Morgan fingerprint density at radius 1 is 1.62 bits per heavy atom. The van der Waals surface area contributed by atoms with Gasteiger partial charge in [-0.2, -0.15) is 0 Å². The molecule has 0 unspecified atom stereocenters. The summed E-state index contributed by atoms with van der Waals surface area (Å²) in [5, 5.41) is 0. The standard InChI is InChI=1S/C8H4BrClFIO/c9-5-2-1-4(6(13)3-10)8(12)7(5)11/h1-2H,3H2. The highest BCUT2D eigenvalue weighted by atomic mass is 127. The zero-order valence-electron chi connectivity index (χ0n) is 6.28. The van der Waals surface area contributed by atoms with Crippen molar-refractivity contribution in [3.63, 3.8) is 0 Å². The van der Waals surface area contributed by atoms with Crippen molar-refractivity contribution in [2.45, 2.75) is 0 Å². The first-order chi connectivity index (χ1) is 6.07. The van der Waals surface area contributed by atoms with Crippen molar-refractivity contribution in [1.82, 2.24) is 0 Å². The van der Waals surface area contributed by atoms with Gasteiger partial charge in [-0.1, -0.05) is 0 Å².